The number of likely N-dealkylation sites (tertiary alicyclic amines) is 1. The number of methoxy groups -OCH3 is 2. The van der Waals surface area contributed by atoms with Crippen LogP contribution in [0.15, 0.2) is 41.2 Å². The number of carbonyl (C=O) groups excluding carboxylic acids is 1. The summed E-state index contributed by atoms with van der Waals surface area (Å²) in [5.74, 6) is 1.84. The second-order valence-corrected chi connectivity index (χ2v) is 8.44. The molecule has 9 nitrogen and oxygen atoms in total. The molecule has 0 N–H and O–H groups in total. The molecular formula is C25H30N4O5. The van der Waals surface area contributed by atoms with E-state index in [9.17, 15) is 9.59 Å². The van der Waals surface area contributed by atoms with Crippen LogP contribution in [0.2, 0.25) is 0 Å². The molecule has 0 bridgehead atoms. The highest BCUT2D eigenvalue weighted by Crippen LogP contribution is 2.33. The Kier molecular flexibility index (Phi) is 6.63. The smallest absolute Gasteiger partial charge is 0.272 e. The van der Waals surface area contributed by atoms with Crippen LogP contribution in [0.1, 0.15) is 29.0 Å². The van der Waals surface area contributed by atoms with Crippen LogP contribution in [0.4, 0.5) is 0 Å². The summed E-state index contributed by atoms with van der Waals surface area (Å²) in [5, 5.41) is 4.55. The van der Waals surface area contributed by atoms with Crippen molar-refractivity contribution in [3.8, 4) is 28.5 Å². The van der Waals surface area contributed by atoms with Gasteiger partial charge >= 0.3 is 0 Å². The van der Waals surface area contributed by atoms with Gasteiger partial charge in [0.15, 0.2) is 0 Å². The SMILES string of the molecule is COc1ccc(OC)c(-c2cc(C(=O)N3CCC(Oc4cc(C)n(C)c(=O)c4)CC3)n(C)n2)c1. The average Bonchev–Trinajstić information content (AvgIpc) is 3.23. The molecule has 1 fully saturated rings. The van der Waals surface area contributed by atoms with Gasteiger partial charge in [-0.15, -0.1) is 0 Å². The first-order valence-corrected chi connectivity index (χ1v) is 11.2. The van der Waals surface area contributed by atoms with Crippen molar-refractivity contribution in [2.75, 3.05) is 27.3 Å². The van der Waals surface area contributed by atoms with E-state index in [0.29, 0.717) is 54.6 Å². The standard InChI is InChI=1S/C25H30N4O5/c1-16-12-19(14-24(30)27(16)2)34-17-8-10-29(11-9-17)25(31)22-15-21(26-28(22)3)20-13-18(32-4)6-7-23(20)33-5/h6-7,12-15,17H,8-11H2,1-5H3. The molecule has 0 saturated carbocycles. The van der Waals surface area contributed by atoms with Crippen LogP contribution in [0.5, 0.6) is 17.2 Å². The third kappa shape index (κ3) is 4.64. The Bertz CT molecular complexity index is 1250. The van der Waals surface area contributed by atoms with Crippen LogP contribution in [0.3, 0.4) is 0 Å². The minimum Gasteiger partial charge on any atom is -0.497 e. The van der Waals surface area contributed by atoms with Gasteiger partial charge in [0.25, 0.3) is 11.5 Å². The number of amides is 1. The predicted octanol–water partition coefficient (Wildman–Crippen LogP) is 2.80. The van der Waals surface area contributed by atoms with Crippen molar-refractivity contribution in [3.63, 3.8) is 0 Å². The van der Waals surface area contributed by atoms with Gasteiger partial charge in [-0.2, -0.15) is 5.10 Å². The highest BCUT2D eigenvalue weighted by atomic mass is 16.5. The molecule has 3 aromatic rings. The number of hydrogen-bond acceptors (Lipinski definition) is 6. The number of hydrogen-bond donors (Lipinski definition) is 0. The number of rotatable bonds is 6. The Morgan fingerprint density at radius 1 is 1.00 bits per heavy atom. The van der Waals surface area contributed by atoms with E-state index in [4.69, 9.17) is 14.2 Å². The quantitative estimate of drug-likeness (QED) is 0.555. The van der Waals surface area contributed by atoms with E-state index in [2.05, 4.69) is 5.10 Å². The van der Waals surface area contributed by atoms with E-state index >= 15 is 0 Å². The molecule has 34 heavy (non-hydrogen) atoms. The minimum absolute atomic E-state index is 0.0429. The van der Waals surface area contributed by atoms with Crippen molar-refractivity contribution in [2.24, 2.45) is 14.1 Å². The monoisotopic (exact) mass is 466 g/mol. The molecule has 4 rings (SSSR count). The second-order valence-electron chi connectivity index (χ2n) is 8.44. The second kappa shape index (κ2) is 9.62. The molecule has 2 aromatic heterocycles. The summed E-state index contributed by atoms with van der Waals surface area (Å²) in [7, 11) is 6.70. The molecule has 1 saturated heterocycles. The maximum atomic E-state index is 13.3. The molecule has 0 atom stereocenters. The van der Waals surface area contributed by atoms with Gasteiger partial charge in [-0.25, -0.2) is 0 Å². The highest BCUT2D eigenvalue weighted by molar-refractivity contribution is 5.94. The van der Waals surface area contributed by atoms with E-state index in [-0.39, 0.29) is 17.6 Å². The molecule has 0 aliphatic carbocycles. The average molecular weight is 467 g/mol. The molecule has 3 heterocycles. The number of ether oxygens (including phenoxy) is 3. The fraction of sp³-hybridized carbons (Fsp3) is 0.400. The summed E-state index contributed by atoms with van der Waals surface area (Å²) in [5.41, 5.74) is 2.65. The van der Waals surface area contributed by atoms with Crippen LogP contribution in [-0.4, -0.2) is 58.6 Å². The van der Waals surface area contributed by atoms with Gasteiger partial charge in [0, 0.05) is 57.4 Å². The highest BCUT2D eigenvalue weighted by Gasteiger charge is 2.27. The number of aromatic nitrogens is 3. The summed E-state index contributed by atoms with van der Waals surface area (Å²) >= 11 is 0. The first-order valence-electron chi connectivity index (χ1n) is 11.2. The lowest BCUT2D eigenvalue weighted by Crippen LogP contribution is -2.42. The van der Waals surface area contributed by atoms with Crippen LogP contribution in [-0.2, 0) is 14.1 Å². The van der Waals surface area contributed by atoms with Crippen molar-refractivity contribution in [2.45, 2.75) is 25.9 Å². The van der Waals surface area contributed by atoms with Gasteiger partial charge in [0.05, 0.1) is 19.9 Å². The Morgan fingerprint density at radius 2 is 1.74 bits per heavy atom. The van der Waals surface area contributed by atoms with E-state index in [0.717, 1.165) is 11.3 Å². The predicted molar refractivity (Wildman–Crippen MR) is 128 cm³/mol. The zero-order valence-electron chi connectivity index (χ0n) is 20.2. The zero-order chi connectivity index (χ0) is 24.4. The molecule has 0 radical (unpaired) electrons. The lowest BCUT2D eigenvalue weighted by Gasteiger charge is -2.32. The number of carbonyl (C=O) groups is 1. The number of benzene rings is 1. The van der Waals surface area contributed by atoms with E-state index in [1.54, 1.807) is 43.6 Å². The molecule has 9 heteroatoms. The largest absolute Gasteiger partial charge is 0.497 e. The first kappa shape index (κ1) is 23.4. The van der Waals surface area contributed by atoms with Crippen molar-refractivity contribution in [1.29, 1.82) is 0 Å². The van der Waals surface area contributed by atoms with Gasteiger partial charge in [0.1, 0.15) is 29.0 Å². The van der Waals surface area contributed by atoms with Crippen molar-refractivity contribution < 1.29 is 19.0 Å². The van der Waals surface area contributed by atoms with E-state index in [1.807, 2.05) is 36.1 Å². The third-order valence-electron chi connectivity index (χ3n) is 6.29. The Balaban J connectivity index is 1.45. The van der Waals surface area contributed by atoms with Gasteiger partial charge < -0.3 is 23.7 Å². The summed E-state index contributed by atoms with van der Waals surface area (Å²) in [6.45, 7) is 3.01. The number of pyridine rings is 1. The summed E-state index contributed by atoms with van der Waals surface area (Å²) in [6.07, 6.45) is 1.33. The molecule has 0 spiro atoms. The van der Waals surface area contributed by atoms with Crippen LogP contribution in [0.25, 0.3) is 11.3 Å². The normalized spacial score (nSPS) is 14.2. The van der Waals surface area contributed by atoms with Gasteiger partial charge in [-0.1, -0.05) is 0 Å². The fourth-order valence-electron chi connectivity index (χ4n) is 4.15. The minimum atomic E-state index is -0.0951. The molecule has 1 amide bonds. The van der Waals surface area contributed by atoms with Crippen LogP contribution in [0, 0.1) is 6.92 Å². The van der Waals surface area contributed by atoms with Crippen LogP contribution >= 0.6 is 0 Å². The molecular weight excluding hydrogens is 436 g/mol. The maximum absolute atomic E-state index is 13.3. The summed E-state index contributed by atoms with van der Waals surface area (Å²) in [4.78, 5) is 27.1. The number of piperidine rings is 1. The van der Waals surface area contributed by atoms with E-state index in [1.165, 1.54) is 6.07 Å². The van der Waals surface area contributed by atoms with Gasteiger partial charge in [-0.3, -0.25) is 14.3 Å². The van der Waals surface area contributed by atoms with Crippen molar-refractivity contribution in [3.05, 3.63) is 58.1 Å². The van der Waals surface area contributed by atoms with E-state index < -0.39 is 0 Å². The topological polar surface area (TPSA) is 87.8 Å². The van der Waals surface area contributed by atoms with Crippen molar-refractivity contribution >= 4 is 5.91 Å². The Labute approximate surface area is 198 Å². The molecule has 0 unspecified atom stereocenters. The summed E-state index contributed by atoms with van der Waals surface area (Å²) < 4.78 is 20.0. The van der Waals surface area contributed by atoms with Crippen molar-refractivity contribution in [1.82, 2.24) is 19.2 Å². The van der Waals surface area contributed by atoms with Gasteiger partial charge in [0.2, 0.25) is 0 Å². The summed E-state index contributed by atoms with van der Waals surface area (Å²) in [6, 6.07) is 10.6. The molecule has 180 valence electrons. The Hall–Kier alpha value is -3.75. The van der Waals surface area contributed by atoms with Gasteiger partial charge in [-0.05, 0) is 37.3 Å². The zero-order valence-corrected chi connectivity index (χ0v) is 20.2. The Morgan fingerprint density at radius 3 is 2.38 bits per heavy atom. The lowest BCUT2D eigenvalue weighted by molar-refractivity contribution is 0.0585. The molecule has 1 aliphatic rings. The number of nitrogens with zero attached hydrogens (tertiary/aromatic N) is 4. The third-order valence-corrected chi connectivity index (χ3v) is 6.29. The van der Waals surface area contributed by atoms with Crippen LogP contribution < -0.4 is 19.8 Å². The number of aryl methyl sites for hydroxylation is 2. The first-order chi connectivity index (χ1) is 16.3. The molecule has 1 aliphatic heterocycles. The maximum Gasteiger partial charge on any atom is 0.272 e. The lowest BCUT2D eigenvalue weighted by atomic mass is 10.1. The fourth-order valence-corrected chi connectivity index (χ4v) is 4.15. The molecule has 1 aromatic carbocycles.